The lowest BCUT2D eigenvalue weighted by Crippen LogP contribution is -2.10. The summed E-state index contributed by atoms with van der Waals surface area (Å²) < 4.78 is 1.40. The lowest BCUT2D eigenvalue weighted by atomic mass is 10.0. The van der Waals surface area contributed by atoms with Gasteiger partial charge in [0.15, 0.2) is 0 Å². The largest absolute Gasteiger partial charge is 0.506 e. The van der Waals surface area contributed by atoms with E-state index in [1.807, 2.05) is 31.2 Å². The fourth-order valence-corrected chi connectivity index (χ4v) is 2.73. The number of benzene rings is 1. The average Bonchev–Trinajstić information content (AvgIpc) is 3.10. The van der Waals surface area contributed by atoms with Gasteiger partial charge in [-0.2, -0.15) is 10.4 Å². The number of aryl methyl sites for hydroxylation is 3. The third-order valence-corrected chi connectivity index (χ3v) is 3.90. The van der Waals surface area contributed by atoms with Crippen LogP contribution in [0.1, 0.15) is 27.3 Å². The molecule has 0 aliphatic rings. The number of carbonyl (C=O) groups is 1. The molecule has 3 aromatic rings. The smallest absolute Gasteiger partial charge is 0.225 e. The number of aliphatic hydroxyl groups excluding tert-OH is 1. The molecule has 0 fully saturated rings. The van der Waals surface area contributed by atoms with Gasteiger partial charge in [0.1, 0.15) is 23.1 Å². The minimum atomic E-state index is -0.556. The number of allylic oxidation sites excluding steroid dienone is 1. The fourth-order valence-electron chi connectivity index (χ4n) is 2.73. The zero-order valence-corrected chi connectivity index (χ0v) is 13.6. The molecular formula is C18H16N4O2. The van der Waals surface area contributed by atoms with Crippen LogP contribution in [0, 0.1) is 25.2 Å². The summed E-state index contributed by atoms with van der Waals surface area (Å²) in [7, 11) is 1.63. The number of aromatic amines is 1. The van der Waals surface area contributed by atoms with Crippen molar-refractivity contribution in [1.29, 1.82) is 5.26 Å². The fraction of sp³-hybridized carbons (Fsp3) is 0.167. The highest BCUT2D eigenvalue weighted by Crippen LogP contribution is 2.27. The normalized spacial score (nSPS) is 12.1. The van der Waals surface area contributed by atoms with Gasteiger partial charge in [-0.15, -0.1) is 0 Å². The number of rotatable bonds is 3. The van der Waals surface area contributed by atoms with Crippen molar-refractivity contribution >= 4 is 22.4 Å². The first kappa shape index (κ1) is 15.6. The summed E-state index contributed by atoms with van der Waals surface area (Å²) in [6, 6.07) is 9.11. The van der Waals surface area contributed by atoms with E-state index in [2.05, 4.69) is 10.1 Å². The summed E-state index contributed by atoms with van der Waals surface area (Å²) in [6.45, 7) is 3.72. The topological polar surface area (TPSA) is 94.7 Å². The van der Waals surface area contributed by atoms with Gasteiger partial charge in [0.2, 0.25) is 5.78 Å². The van der Waals surface area contributed by atoms with Gasteiger partial charge < -0.3 is 10.1 Å². The van der Waals surface area contributed by atoms with Crippen molar-refractivity contribution < 1.29 is 9.90 Å². The lowest BCUT2D eigenvalue weighted by Gasteiger charge is -2.04. The van der Waals surface area contributed by atoms with Gasteiger partial charge in [-0.3, -0.25) is 9.48 Å². The van der Waals surface area contributed by atoms with Crippen LogP contribution in [-0.2, 0) is 7.05 Å². The van der Waals surface area contributed by atoms with Gasteiger partial charge in [0.25, 0.3) is 0 Å². The van der Waals surface area contributed by atoms with Gasteiger partial charge in [-0.25, -0.2) is 0 Å². The number of H-pyrrole nitrogens is 1. The Labute approximate surface area is 138 Å². The Morgan fingerprint density at radius 1 is 1.33 bits per heavy atom. The van der Waals surface area contributed by atoms with E-state index in [-0.39, 0.29) is 17.0 Å². The Morgan fingerprint density at radius 2 is 2.08 bits per heavy atom. The molecule has 2 heterocycles. The minimum Gasteiger partial charge on any atom is -0.506 e. The third-order valence-electron chi connectivity index (χ3n) is 3.90. The molecule has 0 unspecified atom stereocenters. The second kappa shape index (κ2) is 5.70. The van der Waals surface area contributed by atoms with E-state index >= 15 is 0 Å². The SMILES string of the molecule is Cc1ccc2c(C(O)=C(C#N)C(=O)c3cc(C)nn3C)c[nH]c2c1. The summed E-state index contributed by atoms with van der Waals surface area (Å²) in [5.41, 5.74) is 2.94. The quantitative estimate of drug-likeness (QED) is 0.335. The molecule has 0 saturated carbocycles. The molecule has 2 N–H and O–H groups in total. The molecule has 24 heavy (non-hydrogen) atoms. The van der Waals surface area contributed by atoms with E-state index in [4.69, 9.17) is 0 Å². The molecule has 0 bridgehead atoms. The number of ketones is 1. The summed E-state index contributed by atoms with van der Waals surface area (Å²) in [5.74, 6) is -0.893. The Bertz CT molecular complexity index is 1030. The Balaban J connectivity index is 2.15. The number of nitrogens with zero attached hydrogens (tertiary/aromatic N) is 3. The Kier molecular flexibility index (Phi) is 3.70. The molecule has 120 valence electrons. The molecule has 0 radical (unpaired) electrons. The second-order valence-electron chi connectivity index (χ2n) is 5.71. The molecule has 0 amide bonds. The van der Waals surface area contributed by atoms with Gasteiger partial charge in [0, 0.05) is 29.7 Å². The van der Waals surface area contributed by atoms with E-state index in [0.717, 1.165) is 16.5 Å². The van der Waals surface area contributed by atoms with Crippen LogP contribution in [0.2, 0.25) is 0 Å². The third kappa shape index (κ3) is 2.46. The van der Waals surface area contributed by atoms with E-state index in [9.17, 15) is 15.2 Å². The van der Waals surface area contributed by atoms with Crippen LogP contribution in [0.4, 0.5) is 0 Å². The number of nitriles is 1. The van der Waals surface area contributed by atoms with E-state index < -0.39 is 5.78 Å². The van der Waals surface area contributed by atoms with Crippen molar-refractivity contribution in [3.63, 3.8) is 0 Å². The number of Topliss-reactive ketones (excluding diaryl/α,β-unsaturated/α-hetero) is 1. The number of hydrogen-bond acceptors (Lipinski definition) is 4. The molecule has 2 aromatic heterocycles. The highest BCUT2D eigenvalue weighted by molar-refractivity contribution is 6.15. The highest BCUT2D eigenvalue weighted by atomic mass is 16.3. The molecule has 0 aliphatic carbocycles. The average molecular weight is 320 g/mol. The van der Waals surface area contributed by atoms with Crippen LogP contribution in [0.3, 0.4) is 0 Å². The van der Waals surface area contributed by atoms with Crippen molar-refractivity contribution in [3.8, 4) is 6.07 Å². The molecule has 3 rings (SSSR count). The maximum absolute atomic E-state index is 12.6. The number of nitrogens with one attached hydrogen (secondary N) is 1. The standard InChI is InChI=1S/C18H16N4O2/c1-10-4-5-12-14(9-20-15(12)6-10)17(23)13(8-19)18(24)16-7-11(2)21-22(16)3/h4-7,9,20,23H,1-3H3. The number of hydrogen-bond donors (Lipinski definition) is 2. The first-order valence-electron chi connectivity index (χ1n) is 7.39. The predicted octanol–water partition coefficient (Wildman–Crippen LogP) is 3.19. The molecule has 0 saturated heterocycles. The second-order valence-corrected chi connectivity index (χ2v) is 5.71. The van der Waals surface area contributed by atoms with Crippen molar-refractivity contribution in [2.45, 2.75) is 13.8 Å². The number of fused-ring (bicyclic) bond motifs is 1. The van der Waals surface area contributed by atoms with Crippen LogP contribution in [0.25, 0.3) is 16.7 Å². The number of aromatic nitrogens is 3. The molecule has 1 aromatic carbocycles. The maximum atomic E-state index is 12.6. The number of aliphatic hydroxyl groups is 1. The van der Waals surface area contributed by atoms with Crippen LogP contribution < -0.4 is 0 Å². The molecule has 0 aliphatic heterocycles. The van der Waals surface area contributed by atoms with Gasteiger partial charge in [-0.05, 0) is 31.5 Å². The number of carbonyl (C=O) groups excluding carboxylic acids is 1. The van der Waals surface area contributed by atoms with E-state index in [0.29, 0.717) is 11.3 Å². The van der Waals surface area contributed by atoms with Crippen molar-refractivity contribution in [2.75, 3.05) is 0 Å². The van der Waals surface area contributed by atoms with Crippen LogP contribution in [0.5, 0.6) is 0 Å². The van der Waals surface area contributed by atoms with Crippen molar-refractivity contribution in [2.24, 2.45) is 7.05 Å². The monoisotopic (exact) mass is 320 g/mol. The zero-order valence-electron chi connectivity index (χ0n) is 13.6. The lowest BCUT2D eigenvalue weighted by molar-refractivity contribution is 0.102. The van der Waals surface area contributed by atoms with Gasteiger partial charge in [-0.1, -0.05) is 12.1 Å². The Hall–Kier alpha value is -3.33. The van der Waals surface area contributed by atoms with Crippen LogP contribution in [0.15, 0.2) is 36.0 Å². The van der Waals surface area contributed by atoms with Gasteiger partial charge in [0.05, 0.1) is 5.69 Å². The van der Waals surface area contributed by atoms with E-state index in [1.165, 1.54) is 4.68 Å². The van der Waals surface area contributed by atoms with Crippen LogP contribution in [-0.4, -0.2) is 25.7 Å². The zero-order chi connectivity index (χ0) is 17.4. The Morgan fingerprint density at radius 3 is 2.71 bits per heavy atom. The summed E-state index contributed by atoms with van der Waals surface area (Å²) >= 11 is 0. The first-order chi connectivity index (χ1) is 11.4. The molecular weight excluding hydrogens is 304 g/mol. The molecule has 6 heteroatoms. The first-order valence-corrected chi connectivity index (χ1v) is 7.39. The molecule has 0 spiro atoms. The molecule has 6 nitrogen and oxygen atoms in total. The summed E-state index contributed by atoms with van der Waals surface area (Å²) in [4.78, 5) is 15.7. The minimum absolute atomic E-state index is 0.256. The predicted molar refractivity (Wildman–Crippen MR) is 90.5 cm³/mol. The van der Waals surface area contributed by atoms with Crippen molar-refractivity contribution in [1.82, 2.24) is 14.8 Å². The summed E-state index contributed by atoms with van der Waals surface area (Å²) in [5, 5.41) is 24.8. The summed E-state index contributed by atoms with van der Waals surface area (Å²) in [6.07, 6.45) is 1.60. The van der Waals surface area contributed by atoms with E-state index in [1.54, 1.807) is 26.2 Å². The maximum Gasteiger partial charge on any atom is 0.225 e. The van der Waals surface area contributed by atoms with Crippen molar-refractivity contribution in [3.05, 3.63) is 58.6 Å². The highest BCUT2D eigenvalue weighted by Gasteiger charge is 2.23. The molecule has 0 atom stereocenters. The van der Waals surface area contributed by atoms with Gasteiger partial charge >= 0.3 is 0 Å². The van der Waals surface area contributed by atoms with Crippen LogP contribution >= 0.6 is 0 Å².